The number of terminal acetylenes is 1. The summed E-state index contributed by atoms with van der Waals surface area (Å²) < 4.78 is 4.25. The highest BCUT2D eigenvalue weighted by Gasteiger charge is 2.27. The van der Waals surface area contributed by atoms with E-state index in [1.165, 1.54) is 0 Å². The zero-order chi connectivity index (χ0) is 25.7. The van der Waals surface area contributed by atoms with Crippen molar-refractivity contribution in [3.05, 3.63) is 29.3 Å². The number of benzene rings is 1. The number of likely N-dealkylation sites (tertiary alicyclic amines) is 1. The highest BCUT2D eigenvalue weighted by molar-refractivity contribution is 5.77. The molecule has 2 rings (SSSR count). The largest absolute Gasteiger partial charge is 0.508 e. The van der Waals surface area contributed by atoms with Crippen LogP contribution in [0.5, 0.6) is 5.75 Å². The van der Waals surface area contributed by atoms with Crippen molar-refractivity contribution in [1.82, 2.24) is 10.2 Å². The summed E-state index contributed by atoms with van der Waals surface area (Å²) in [7, 11) is 5.08. The number of β-amino-alcohol motifs (C(OH)–C–C–N with tert-alkyl or cyclic N) is 1. The van der Waals surface area contributed by atoms with Crippen LogP contribution < -0.4 is 17.0 Å². The molecule has 1 aliphatic heterocycles. The van der Waals surface area contributed by atoms with Gasteiger partial charge in [0.05, 0.1) is 6.10 Å². The lowest BCUT2D eigenvalue weighted by molar-refractivity contribution is -0.132. The van der Waals surface area contributed by atoms with E-state index in [-0.39, 0.29) is 23.2 Å². The van der Waals surface area contributed by atoms with Crippen molar-refractivity contribution < 1.29 is 24.5 Å². The molecule has 0 saturated carbocycles. The first-order valence-electron chi connectivity index (χ1n) is 9.99. The van der Waals surface area contributed by atoms with E-state index in [0.29, 0.717) is 25.1 Å². The van der Waals surface area contributed by atoms with Crippen LogP contribution in [0, 0.1) is 17.8 Å². The van der Waals surface area contributed by atoms with Crippen LogP contribution in [0.2, 0.25) is 0 Å². The average molecular weight is 455 g/mol. The fraction of sp³-hybridized carbons (Fsp3) is 0.565. The zero-order valence-electron chi connectivity index (χ0n) is 20.4. The molecule has 7 N–H and O–H groups in total. The smallest absolute Gasteiger partial charge is 0.223 e. The molecule has 1 fully saturated rings. The summed E-state index contributed by atoms with van der Waals surface area (Å²) in [5.41, 5.74) is 1.61. The summed E-state index contributed by atoms with van der Waals surface area (Å²) in [6.45, 7) is 10.0. The Hall–Kier alpha value is -2.48. The molecule has 1 aromatic carbocycles. The molecule has 0 aliphatic carbocycles. The molecule has 1 aliphatic rings. The molecule has 0 radical (unpaired) electrons. The summed E-state index contributed by atoms with van der Waals surface area (Å²) in [4.78, 5) is 21.4. The molecule has 0 spiro atoms. The quantitative estimate of drug-likeness (QED) is 0.258. The molecule has 184 valence electrons. The first-order valence-corrected chi connectivity index (χ1v) is 9.99. The molecule has 0 bridgehead atoms. The fourth-order valence-corrected chi connectivity index (χ4v) is 2.53. The van der Waals surface area contributed by atoms with Crippen molar-refractivity contribution in [2.75, 3.05) is 34.4 Å². The minimum absolute atomic E-state index is 0.0463. The van der Waals surface area contributed by atoms with Gasteiger partial charge in [-0.05, 0) is 31.0 Å². The molecular formula is C23H42N4O5. The monoisotopic (exact) mass is 454 g/mol. The van der Waals surface area contributed by atoms with Gasteiger partial charge in [0.2, 0.25) is 5.91 Å². The molecule has 9 heteroatoms. The Labute approximate surface area is 193 Å². The maximum absolute atomic E-state index is 11.6. The predicted octanol–water partition coefficient (Wildman–Crippen LogP) is 1.01. The molecule has 9 nitrogen and oxygen atoms in total. The van der Waals surface area contributed by atoms with Gasteiger partial charge >= 0.3 is 0 Å². The molecule has 0 aromatic heterocycles. The first-order chi connectivity index (χ1) is 15.1. The molecule has 1 saturated heterocycles. The van der Waals surface area contributed by atoms with Crippen LogP contribution >= 0.6 is 0 Å². The Balaban J connectivity index is -0.000000412. The Kier molecular flexibility index (Phi) is 21.8. The third kappa shape index (κ3) is 17.2. The second-order valence-electron chi connectivity index (χ2n) is 7.95. The number of hydrazine groups is 1. The van der Waals surface area contributed by atoms with E-state index in [2.05, 4.69) is 48.4 Å². The number of nitrogens with one attached hydrogen (secondary N) is 1. The maximum atomic E-state index is 11.6. The zero-order valence-corrected chi connectivity index (χ0v) is 20.4. The van der Waals surface area contributed by atoms with Gasteiger partial charge in [0, 0.05) is 51.4 Å². The highest BCUT2D eigenvalue weighted by atomic mass is 16.4. The van der Waals surface area contributed by atoms with Crippen LogP contribution in [0.25, 0.3) is 0 Å². The molecule has 32 heavy (non-hydrogen) atoms. The van der Waals surface area contributed by atoms with Gasteiger partial charge in [-0.15, -0.1) is 6.42 Å². The van der Waals surface area contributed by atoms with Gasteiger partial charge in [0.25, 0.3) is 0 Å². The number of methoxy groups -OCH3 is 1. The number of carbonyl (C=O) groups excluding carboxylic acids is 2. The minimum atomic E-state index is -0.302. The topological polar surface area (TPSA) is 151 Å². The summed E-state index contributed by atoms with van der Waals surface area (Å²) in [5.74, 6) is 10.9. The van der Waals surface area contributed by atoms with E-state index in [0.717, 1.165) is 18.5 Å². The number of aliphatic hydroxyl groups is 1. The number of nitrogens with two attached hydrogens (primary N) is 2. The van der Waals surface area contributed by atoms with Crippen molar-refractivity contribution in [2.45, 2.75) is 46.3 Å². The third-order valence-electron chi connectivity index (χ3n) is 3.82. The highest BCUT2D eigenvalue weighted by Crippen LogP contribution is 2.21. The standard InChI is InChI=1S/C10H19NO2.C10H11NO.C2H6O.CH2O.H4N2/c1-10(2,3)6-9(13)11-5-4-8(12)7-11;1-3-8-4-5-9(7-11-2)10(12)6-8;1-3-2;2*1-2/h8,12H,4-7H2,1-3H3;1,4-6,11-12H,7H2,2H3;1-2H3;1H2;1-2H2. The van der Waals surface area contributed by atoms with Gasteiger partial charge < -0.3 is 30.0 Å². The van der Waals surface area contributed by atoms with Crippen molar-refractivity contribution in [2.24, 2.45) is 17.1 Å². The van der Waals surface area contributed by atoms with Crippen molar-refractivity contribution in [3.8, 4) is 18.1 Å². The number of aromatic hydroxyl groups is 1. The average Bonchev–Trinajstić information content (AvgIpc) is 3.19. The number of rotatable bonds is 3. The van der Waals surface area contributed by atoms with Gasteiger partial charge in [-0.25, -0.2) is 0 Å². The Morgan fingerprint density at radius 2 is 1.88 bits per heavy atom. The van der Waals surface area contributed by atoms with Crippen LogP contribution in [0.1, 0.15) is 44.7 Å². The van der Waals surface area contributed by atoms with Crippen molar-refractivity contribution in [1.29, 1.82) is 0 Å². The number of amides is 1. The number of phenolic OH excluding ortho intramolecular Hbond substituents is 1. The molecular weight excluding hydrogens is 412 g/mol. The lowest BCUT2D eigenvalue weighted by Gasteiger charge is -2.22. The first kappa shape index (κ1) is 34.1. The van der Waals surface area contributed by atoms with Crippen LogP contribution in [0.4, 0.5) is 0 Å². The SMILES string of the molecule is C#Cc1ccc(CNC)c(O)c1.C=O.CC(C)(C)CC(=O)N1CCC(O)C1.COC.NN. The van der Waals surface area contributed by atoms with Crippen LogP contribution in [0.15, 0.2) is 18.2 Å². The number of aliphatic hydroxyl groups excluding tert-OH is 1. The number of nitrogens with zero attached hydrogens (tertiary/aromatic N) is 1. The summed E-state index contributed by atoms with van der Waals surface area (Å²) in [6.07, 6.45) is 6.17. The van der Waals surface area contributed by atoms with E-state index >= 15 is 0 Å². The number of ether oxygens (including phenoxy) is 1. The van der Waals surface area contributed by atoms with Crippen LogP contribution in [0.3, 0.4) is 0 Å². The molecule has 1 heterocycles. The summed E-state index contributed by atoms with van der Waals surface area (Å²) in [6, 6.07) is 5.22. The third-order valence-corrected chi connectivity index (χ3v) is 3.82. The van der Waals surface area contributed by atoms with Gasteiger partial charge in [0.15, 0.2) is 0 Å². The molecule has 1 unspecified atom stereocenters. The Bertz CT molecular complexity index is 657. The summed E-state index contributed by atoms with van der Waals surface area (Å²) >= 11 is 0. The number of hydrogen-bond donors (Lipinski definition) is 5. The van der Waals surface area contributed by atoms with Crippen molar-refractivity contribution >= 4 is 12.7 Å². The van der Waals surface area contributed by atoms with Crippen LogP contribution in [-0.4, -0.2) is 68.3 Å². The van der Waals surface area contributed by atoms with Gasteiger partial charge in [0.1, 0.15) is 12.5 Å². The summed E-state index contributed by atoms with van der Waals surface area (Å²) in [5, 5.41) is 21.6. The maximum Gasteiger partial charge on any atom is 0.223 e. The van der Waals surface area contributed by atoms with E-state index in [9.17, 15) is 15.0 Å². The van der Waals surface area contributed by atoms with E-state index in [1.54, 1.807) is 25.2 Å². The van der Waals surface area contributed by atoms with E-state index in [1.807, 2.05) is 26.0 Å². The molecule has 1 amide bonds. The van der Waals surface area contributed by atoms with E-state index < -0.39 is 0 Å². The molecule has 1 aromatic rings. The van der Waals surface area contributed by atoms with Crippen LogP contribution in [-0.2, 0) is 20.9 Å². The van der Waals surface area contributed by atoms with Crippen molar-refractivity contribution in [3.63, 3.8) is 0 Å². The van der Waals surface area contributed by atoms with E-state index in [4.69, 9.17) is 11.2 Å². The minimum Gasteiger partial charge on any atom is -0.508 e. The lowest BCUT2D eigenvalue weighted by Crippen LogP contribution is -2.32. The second kappa shape index (κ2) is 20.4. The normalized spacial score (nSPS) is 14.0. The van der Waals surface area contributed by atoms with Gasteiger partial charge in [-0.1, -0.05) is 32.8 Å². The Morgan fingerprint density at radius 3 is 2.22 bits per heavy atom. The lowest BCUT2D eigenvalue weighted by atomic mass is 9.92. The molecule has 1 atom stereocenters. The second-order valence-corrected chi connectivity index (χ2v) is 7.95. The fourth-order valence-electron chi connectivity index (χ4n) is 2.53. The van der Waals surface area contributed by atoms with Gasteiger partial charge in [-0.2, -0.15) is 0 Å². The number of carbonyl (C=O) groups is 2. The Morgan fingerprint density at radius 1 is 1.34 bits per heavy atom. The number of phenols is 1. The predicted molar refractivity (Wildman–Crippen MR) is 129 cm³/mol. The number of hydrogen-bond acceptors (Lipinski definition) is 8. The van der Waals surface area contributed by atoms with Gasteiger partial charge in [-0.3, -0.25) is 16.5 Å².